The number of nitrogens with zero attached hydrogens (tertiary/aromatic N) is 3. The highest BCUT2D eigenvalue weighted by Crippen LogP contribution is 2.25. The second-order valence-corrected chi connectivity index (χ2v) is 7.95. The number of hydrogen-bond acceptors (Lipinski definition) is 5. The van der Waals surface area contributed by atoms with Gasteiger partial charge in [0.25, 0.3) is 0 Å². The molecule has 2 aromatic rings. The summed E-state index contributed by atoms with van der Waals surface area (Å²) in [6.07, 6.45) is 9.45. The number of carbonyl (C=O) groups excluding carboxylic acids is 1. The standard InChI is InChI=1S/C21H24ClN3O3/c1-21(2,3)28-20(26)25-11-8-17(25)14-27-18-12-16(19(22)24-13-18)5-4-15-6-9-23-10-7-15/h4-7,9-10,12-13,17H,8,11,14H2,1-3H3/b5-4+. The summed E-state index contributed by atoms with van der Waals surface area (Å²) < 4.78 is 11.3. The van der Waals surface area contributed by atoms with Gasteiger partial charge >= 0.3 is 6.09 Å². The molecule has 2 aromatic heterocycles. The third-order valence-corrected chi connectivity index (χ3v) is 4.53. The minimum absolute atomic E-state index is 0.00124. The van der Waals surface area contributed by atoms with Crippen LogP contribution >= 0.6 is 11.6 Å². The van der Waals surface area contributed by atoms with Gasteiger partial charge in [-0.05, 0) is 51.0 Å². The van der Waals surface area contributed by atoms with Crippen molar-refractivity contribution in [2.45, 2.75) is 38.8 Å². The van der Waals surface area contributed by atoms with Crippen LogP contribution < -0.4 is 4.74 Å². The SMILES string of the molecule is CC(C)(C)OC(=O)N1CCC1COc1cnc(Cl)c(/C=C/c2ccncc2)c1. The molecule has 0 radical (unpaired) electrons. The molecule has 1 saturated heterocycles. The zero-order valence-corrected chi connectivity index (χ0v) is 17.0. The van der Waals surface area contributed by atoms with Crippen molar-refractivity contribution in [1.29, 1.82) is 0 Å². The van der Waals surface area contributed by atoms with E-state index in [1.54, 1.807) is 23.5 Å². The molecule has 6 nitrogen and oxygen atoms in total. The zero-order chi connectivity index (χ0) is 20.1. The highest BCUT2D eigenvalue weighted by Gasteiger charge is 2.35. The van der Waals surface area contributed by atoms with Gasteiger partial charge in [-0.15, -0.1) is 0 Å². The first-order valence-corrected chi connectivity index (χ1v) is 9.56. The summed E-state index contributed by atoms with van der Waals surface area (Å²) >= 11 is 6.19. The Morgan fingerprint density at radius 1 is 1.32 bits per heavy atom. The Balaban J connectivity index is 1.59. The average molecular weight is 402 g/mol. The summed E-state index contributed by atoms with van der Waals surface area (Å²) in [4.78, 5) is 22.1. The molecule has 0 aliphatic carbocycles. The third kappa shape index (κ3) is 5.45. The topological polar surface area (TPSA) is 64.5 Å². The van der Waals surface area contributed by atoms with Crippen LogP contribution in [0.3, 0.4) is 0 Å². The number of hydrogen-bond donors (Lipinski definition) is 0. The maximum absolute atomic E-state index is 12.2. The van der Waals surface area contributed by atoms with Crippen molar-refractivity contribution in [1.82, 2.24) is 14.9 Å². The Labute approximate surface area is 170 Å². The van der Waals surface area contributed by atoms with Gasteiger partial charge in [-0.25, -0.2) is 9.78 Å². The number of likely N-dealkylation sites (tertiary alicyclic amines) is 1. The second kappa shape index (κ2) is 8.61. The Morgan fingerprint density at radius 3 is 2.71 bits per heavy atom. The van der Waals surface area contributed by atoms with Crippen LogP contribution in [0.5, 0.6) is 5.75 Å². The Hall–Kier alpha value is -2.60. The van der Waals surface area contributed by atoms with Crippen LogP contribution in [0.4, 0.5) is 4.79 Å². The molecule has 0 bridgehead atoms. The van der Waals surface area contributed by atoms with Crippen molar-refractivity contribution in [2.24, 2.45) is 0 Å². The number of aromatic nitrogens is 2. The molecule has 0 saturated carbocycles. The van der Waals surface area contributed by atoms with E-state index < -0.39 is 5.60 Å². The molecular formula is C21H24ClN3O3. The molecule has 1 amide bonds. The van der Waals surface area contributed by atoms with E-state index in [2.05, 4.69) is 9.97 Å². The predicted molar refractivity (Wildman–Crippen MR) is 109 cm³/mol. The van der Waals surface area contributed by atoms with Gasteiger partial charge < -0.3 is 14.4 Å². The van der Waals surface area contributed by atoms with Crippen molar-refractivity contribution >= 4 is 29.8 Å². The van der Waals surface area contributed by atoms with Gasteiger partial charge in [0, 0.05) is 24.5 Å². The fourth-order valence-corrected chi connectivity index (χ4v) is 2.84. The number of carbonyl (C=O) groups is 1. The summed E-state index contributed by atoms with van der Waals surface area (Å²) in [7, 11) is 0. The van der Waals surface area contributed by atoms with E-state index >= 15 is 0 Å². The van der Waals surface area contributed by atoms with E-state index in [9.17, 15) is 4.79 Å². The molecule has 1 unspecified atom stereocenters. The molecule has 0 spiro atoms. The molecule has 0 aromatic carbocycles. The smallest absolute Gasteiger partial charge is 0.410 e. The van der Waals surface area contributed by atoms with Gasteiger partial charge in [-0.1, -0.05) is 23.8 Å². The van der Waals surface area contributed by atoms with E-state index in [0.717, 1.165) is 17.5 Å². The van der Waals surface area contributed by atoms with Gasteiger partial charge in [0.1, 0.15) is 23.1 Å². The van der Waals surface area contributed by atoms with Crippen LogP contribution in [-0.4, -0.2) is 45.8 Å². The first-order chi connectivity index (χ1) is 13.3. The first-order valence-electron chi connectivity index (χ1n) is 9.18. The third-order valence-electron chi connectivity index (χ3n) is 4.22. The Morgan fingerprint density at radius 2 is 2.07 bits per heavy atom. The summed E-state index contributed by atoms with van der Waals surface area (Å²) in [5.41, 5.74) is 1.27. The maximum atomic E-state index is 12.2. The van der Waals surface area contributed by atoms with Crippen molar-refractivity contribution in [2.75, 3.05) is 13.2 Å². The molecule has 3 rings (SSSR count). The van der Waals surface area contributed by atoms with Gasteiger partial charge in [0.2, 0.25) is 0 Å². The Kier molecular flexibility index (Phi) is 6.19. The van der Waals surface area contributed by atoms with Crippen LogP contribution in [0, 0.1) is 0 Å². The first kappa shape index (κ1) is 20.1. The molecule has 148 valence electrons. The Bertz CT molecular complexity index is 850. The second-order valence-electron chi connectivity index (χ2n) is 7.59. The summed E-state index contributed by atoms with van der Waals surface area (Å²) in [5.74, 6) is 0.606. The minimum atomic E-state index is -0.506. The van der Waals surface area contributed by atoms with Crippen molar-refractivity contribution in [3.8, 4) is 5.75 Å². The number of halogens is 1. The van der Waals surface area contributed by atoms with Crippen LogP contribution in [0.2, 0.25) is 5.15 Å². The highest BCUT2D eigenvalue weighted by molar-refractivity contribution is 6.31. The molecular weight excluding hydrogens is 378 g/mol. The van der Waals surface area contributed by atoms with Gasteiger partial charge in [0.15, 0.2) is 0 Å². The van der Waals surface area contributed by atoms with Crippen molar-refractivity contribution in [3.63, 3.8) is 0 Å². The lowest BCUT2D eigenvalue weighted by molar-refractivity contribution is -0.0141. The van der Waals surface area contributed by atoms with Gasteiger partial charge in [-0.2, -0.15) is 0 Å². The van der Waals surface area contributed by atoms with Crippen molar-refractivity contribution in [3.05, 3.63) is 53.1 Å². The fourth-order valence-electron chi connectivity index (χ4n) is 2.67. The molecule has 28 heavy (non-hydrogen) atoms. The van der Waals surface area contributed by atoms with E-state index in [1.807, 2.05) is 51.1 Å². The van der Waals surface area contributed by atoms with Crippen LogP contribution in [-0.2, 0) is 4.74 Å². The predicted octanol–water partition coefficient (Wildman–Crippen LogP) is 4.69. The molecule has 1 fully saturated rings. The molecule has 1 aliphatic heterocycles. The van der Waals surface area contributed by atoms with E-state index in [-0.39, 0.29) is 12.1 Å². The number of rotatable bonds is 5. The van der Waals surface area contributed by atoms with Gasteiger partial charge in [-0.3, -0.25) is 4.98 Å². The zero-order valence-electron chi connectivity index (χ0n) is 16.3. The summed E-state index contributed by atoms with van der Waals surface area (Å²) in [5, 5.41) is 0.400. The summed E-state index contributed by atoms with van der Waals surface area (Å²) in [6, 6.07) is 5.64. The average Bonchev–Trinajstić information content (AvgIpc) is 2.60. The van der Waals surface area contributed by atoms with E-state index in [1.165, 1.54) is 0 Å². The monoisotopic (exact) mass is 401 g/mol. The lowest BCUT2D eigenvalue weighted by Gasteiger charge is -2.40. The molecule has 1 atom stereocenters. The molecule has 7 heteroatoms. The summed E-state index contributed by atoms with van der Waals surface area (Å²) in [6.45, 7) is 6.64. The van der Waals surface area contributed by atoms with Gasteiger partial charge in [0.05, 0.1) is 12.2 Å². The fraction of sp³-hybridized carbons (Fsp3) is 0.381. The quantitative estimate of drug-likeness (QED) is 0.680. The largest absolute Gasteiger partial charge is 0.490 e. The van der Waals surface area contributed by atoms with Crippen LogP contribution in [0.15, 0.2) is 36.8 Å². The van der Waals surface area contributed by atoms with E-state index in [0.29, 0.717) is 24.1 Å². The van der Waals surface area contributed by atoms with Crippen LogP contribution in [0.25, 0.3) is 12.2 Å². The minimum Gasteiger partial charge on any atom is -0.490 e. The molecule has 3 heterocycles. The van der Waals surface area contributed by atoms with Crippen molar-refractivity contribution < 1.29 is 14.3 Å². The van der Waals surface area contributed by atoms with E-state index in [4.69, 9.17) is 21.1 Å². The number of amides is 1. The number of pyridine rings is 2. The lowest BCUT2D eigenvalue weighted by Crippen LogP contribution is -2.55. The highest BCUT2D eigenvalue weighted by atomic mass is 35.5. The van der Waals surface area contributed by atoms with Crippen LogP contribution in [0.1, 0.15) is 38.3 Å². The maximum Gasteiger partial charge on any atom is 0.410 e. The lowest BCUT2D eigenvalue weighted by atomic mass is 10.1. The number of ether oxygens (including phenoxy) is 2. The normalized spacial score (nSPS) is 16.7. The molecule has 0 N–H and O–H groups in total. The molecule has 1 aliphatic rings.